The van der Waals surface area contributed by atoms with Gasteiger partial charge in [-0.05, 0) is 88.0 Å². The van der Waals surface area contributed by atoms with Crippen LogP contribution in [0.15, 0.2) is 152 Å². The average Bonchev–Trinajstić information content (AvgIpc) is 3.53. The molecule has 0 saturated heterocycles. The van der Waals surface area contributed by atoms with E-state index in [4.69, 9.17) is 15.0 Å². The van der Waals surface area contributed by atoms with Crippen molar-refractivity contribution in [3.8, 4) is 39.9 Å². The highest BCUT2D eigenvalue weighted by Gasteiger charge is 2.20. The largest absolute Gasteiger partial charge is 0.309 e. The summed E-state index contributed by atoms with van der Waals surface area (Å²) in [6.07, 6.45) is 6.81. The summed E-state index contributed by atoms with van der Waals surface area (Å²) in [6.45, 7) is 0. The second kappa shape index (κ2) is 11.1. The van der Waals surface area contributed by atoms with Crippen molar-refractivity contribution in [2.24, 2.45) is 0 Å². The zero-order valence-electron chi connectivity index (χ0n) is 26.7. The van der Waals surface area contributed by atoms with E-state index in [2.05, 4.69) is 132 Å². The Morgan fingerprint density at radius 2 is 1.08 bits per heavy atom. The van der Waals surface area contributed by atoms with E-state index in [1.165, 1.54) is 49.1 Å². The fourth-order valence-corrected chi connectivity index (χ4v) is 7.50. The van der Waals surface area contributed by atoms with Gasteiger partial charge in [-0.2, -0.15) is 0 Å². The molecule has 1 aliphatic carbocycles. The van der Waals surface area contributed by atoms with E-state index < -0.39 is 0 Å². The molecule has 0 atom stereocenters. The SMILES string of the molecule is C1=Cc2c(ccc3c2c2c4ccccc4ccc2n3-c2ccc(-c3nc(-c4ccccc4)nc(-c4ccc5ccccc5c4)n3)cc2)CC1. The van der Waals surface area contributed by atoms with Gasteiger partial charge in [-0.15, -0.1) is 0 Å². The minimum Gasteiger partial charge on any atom is -0.309 e. The molecule has 0 bridgehead atoms. The molecule has 0 unspecified atom stereocenters. The van der Waals surface area contributed by atoms with Gasteiger partial charge >= 0.3 is 0 Å². The number of aryl methyl sites for hydroxylation is 1. The number of rotatable bonds is 4. The zero-order valence-corrected chi connectivity index (χ0v) is 26.7. The summed E-state index contributed by atoms with van der Waals surface area (Å²) in [6, 6.07) is 51.5. The van der Waals surface area contributed by atoms with Crippen molar-refractivity contribution in [3.05, 3.63) is 163 Å². The van der Waals surface area contributed by atoms with Gasteiger partial charge in [-0.3, -0.25) is 0 Å². The van der Waals surface area contributed by atoms with Gasteiger partial charge < -0.3 is 4.57 Å². The summed E-state index contributed by atoms with van der Waals surface area (Å²) in [7, 11) is 0. The first kappa shape index (κ1) is 27.7. The van der Waals surface area contributed by atoms with E-state index in [1.807, 2.05) is 30.3 Å². The van der Waals surface area contributed by atoms with Crippen LogP contribution in [0.2, 0.25) is 0 Å². The van der Waals surface area contributed by atoms with Crippen LogP contribution in [0.4, 0.5) is 0 Å². The second-order valence-electron chi connectivity index (χ2n) is 12.8. The lowest BCUT2D eigenvalue weighted by Crippen LogP contribution is -2.01. The van der Waals surface area contributed by atoms with Gasteiger partial charge in [0.25, 0.3) is 0 Å². The highest BCUT2D eigenvalue weighted by molar-refractivity contribution is 6.23. The Kier molecular flexibility index (Phi) is 6.28. The van der Waals surface area contributed by atoms with Gasteiger partial charge in [0.05, 0.1) is 11.0 Å². The third-order valence-corrected chi connectivity index (χ3v) is 9.88. The number of aromatic nitrogens is 4. The quantitative estimate of drug-likeness (QED) is 0.195. The molecule has 2 heterocycles. The highest BCUT2D eigenvalue weighted by atomic mass is 15.0. The molecule has 2 aromatic heterocycles. The normalized spacial score (nSPS) is 12.7. The van der Waals surface area contributed by atoms with Crippen LogP contribution in [-0.2, 0) is 6.42 Å². The Labute approximate surface area is 283 Å². The van der Waals surface area contributed by atoms with Crippen LogP contribution >= 0.6 is 0 Å². The fraction of sp³-hybridized carbons (Fsp3) is 0.0444. The Hall–Kier alpha value is -6.39. The molecule has 49 heavy (non-hydrogen) atoms. The molecule has 0 N–H and O–H groups in total. The fourth-order valence-electron chi connectivity index (χ4n) is 7.50. The minimum absolute atomic E-state index is 0.649. The van der Waals surface area contributed by atoms with E-state index >= 15 is 0 Å². The molecular formula is C45H30N4. The molecule has 0 saturated carbocycles. The van der Waals surface area contributed by atoms with E-state index in [-0.39, 0.29) is 0 Å². The smallest absolute Gasteiger partial charge is 0.164 e. The molecule has 1 aliphatic rings. The molecular weight excluding hydrogens is 597 g/mol. The number of hydrogen-bond donors (Lipinski definition) is 0. The maximum atomic E-state index is 5.04. The van der Waals surface area contributed by atoms with Crippen molar-refractivity contribution in [2.45, 2.75) is 12.8 Å². The summed E-state index contributed by atoms with van der Waals surface area (Å²) in [4.78, 5) is 15.0. The van der Waals surface area contributed by atoms with Crippen molar-refractivity contribution in [1.29, 1.82) is 0 Å². The maximum absolute atomic E-state index is 5.04. The van der Waals surface area contributed by atoms with Crippen molar-refractivity contribution in [3.63, 3.8) is 0 Å². The zero-order chi connectivity index (χ0) is 32.3. The number of allylic oxidation sites excluding steroid dienone is 1. The molecule has 0 radical (unpaired) electrons. The second-order valence-corrected chi connectivity index (χ2v) is 12.8. The number of nitrogens with zero attached hydrogens (tertiary/aromatic N) is 4. The summed E-state index contributed by atoms with van der Waals surface area (Å²) >= 11 is 0. The number of fused-ring (bicyclic) bond motifs is 8. The Morgan fingerprint density at radius 1 is 0.469 bits per heavy atom. The van der Waals surface area contributed by atoms with Crippen LogP contribution < -0.4 is 0 Å². The monoisotopic (exact) mass is 626 g/mol. The Bertz CT molecular complexity index is 2760. The van der Waals surface area contributed by atoms with Crippen molar-refractivity contribution in [2.75, 3.05) is 0 Å². The van der Waals surface area contributed by atoms with Gasteiger partial charge in [0.2, 0.25) is 0 Å². The Morgan fingerprint density at radius 3 is 1.90 bits per heavy atom. The van der Waals surface area contributed by atoms with E-state index in [1.54, 1.807) is 0 Å². The van der Waals surface area contributed by atoms with Crippen molar-refractivity contribution >= 4 is 49.4 Å². The van der Waals surface area contributed by atoms with Gasteiger partial charge in [0, 0.05) is 33.2 Å². The topological polar surface area (TPSA) is 43.6 Å². The lowest BCUT2D eigenvalue weighted by atomic mass is 9.92. The summed E-state index contributed by atoms with van der Waals surface area (Å²) in [5, 5.41) is 7.53. The molecule has 0 amide bonds. The first-order valence-corrected chi connectivity index (χ1v) is 16.8. The Balaban J connectivity index is 1.15. The predicted molar refractivity (Wildman–Crippen MR) is 203 cm³/mol. The van der Waals surface area contributed by atoms with Crippen LogP contribution in [0.5, 0.6) is 0 Å². The summed E-state index contributed by atoms with van der Waals surface area (Å²) < 4.78 is 2.41. The first-order valence-electron chi connectivity index (χ1n) is 16.8. The third kappa shape index (κ3) is 4.56. The van der Waals surface area contributed by atoms with E-state index in [0.717, 1.165) is 40.6 Å². The van der Waals surface area contributed by atoms with E-state index in [0.29, 0.717) is 17.5 Å². The van der Waals surface area contributed by atoms with Crippen LogP contribution in [0.3, 0.4) is 0 Å². The van der Waals surface area contributed by atoms with Crippen molar-refractivity contribution < 1.29 is 0 Å². The first-order chi connectivity index (χ1) is 24.3. The van der Waals surface area contributed by atoms with Gasteiger partial charge in [-0.25, -0.2) is 15.0 Å². The number of hydrogen-bond acceptors (Lipinski definition) is 3. The molecule has 230 valence electrons. The molecule has 9 aromatic rings. The molecule has 0 spiro atoms. The molecule has 0 fully saturated rings. The van der Waals surface area contributed by atoms with Gasteiger partial charge in [-0.1, -0.05) is 115 Å². The molecule has 0 aliphatic heterocycles. The number of benzene rings is 7. The maximum Gasteiger partial charge on any atom is 0.164 e. The molecule has 4 nitrogen and oxygen atoms in total. The summed E-state index contributed by atoms with van der Waals surface area (Å²) in [5.74, 6) is 1.96. The third-order valence-electron chi connectivity index (χ3n) is 9.88. The lowest BCUT2D eigenvalue weighted by Gasteiger charge is -2.13. The summed E-state index contributed by atoms with van der Waals surface area (Å²) in [5.41, 5.74) is 9.16. The van der Waals surface area contributed by atoms with E-state index in [9.17, 15) is 0 Å². The van der Waals surface area contributed by atoms with Crippen LogP contribution in [0.1, 0.15) is 17.5 Å². The molecule has 10 rings (SSSR count). The van der Waals surface area contributed by atoms with Crippen LogP contribution in [0.25, 0.3) is 89.3 Å². The van der Waals surface area contributed by atoms with Crippen LogP contribution in [-0.4, -0.2) is 19.5 Å². The lowest BCUT2D eigenvalue weighted by molar-refractivity contribution is 0.989. The highest BCUT2D eigenvalue weighted by Crippen LogP contribution is 2.41. The van der Waals surface area contributed by atoms with Crippen molar-refractivity contribution in [1.82, 2.24) is 19.5 Å². The molecule has 4 heteroatoms. The minimum atomic E-state index is 0.649. The molecule has 7 aromatic carbocycles. The van der Waals surface area contributed by atoms with Gasteiger partial charge in [0.15, 0.2) is 17.5 Å². The van der Waals surface area contributed by atoms with Crippen LogP contribution in [0, 0.1) is 0 Å². The standard InChI is InChI=1S/C45H30N4/c1-2-13-32(14-3-1)43-46-44(48-45(47-43)35-19-18-29-10-4-5-15-34(29)28-35)33-20-24-36(25-21-33)49-39-26-22-30-11-6-8-16-37(30)41(39)42-38-17-9-7-12-31(38)23-27-40(42)49/h1-6,8-11,13-28H,7,12H2. The average molecular weight is 627 g/mol. The predicted octanol–water partition coefficient (Wildman–Crippen LogP) is 11.2. The van der Waals surface area contributed by atoms with Gasteiger partial charge in [0.1, 0.15) is 0 Å².